The number of aromatic nitrogens is 1. The third kappa shape index (κ3) is 5.63. The number of benzene rings is 1. The van der Waals surface area contributed by atoms with Crippen LogP contribution in [0.15, 0.2) is 62.8 Å². The summed E-state index contributed by atoms with van der Waals surface area (Å²) in [4.78, 5) is 26.6. The fourth-order valence-electron chi connectivity index (χ4n) is 4.57. The summed E-state index contributed by atoms with van der Waals surface area (Å²) in [5, 5.41) is 0.219. The van der Waals surface area contributed by atoms with Gasteiger partial charge in [-0.3, -0.25) is 4.79 Å². The van der Waals surface area contributed by atoms with Crippen molar-refractivity contribution in [2.24, 2.45) is 9.98 Å². The van der Waals surface area contributed by atoms with Crippen molar-refractivity contribution in [2.45, 2.75) is 32.7 Å². The van der Waals surface area contributed by atoms with Crippen LogP contribution < -0.4 is 14.4 Å². The summed E-state index contributed by atoms with van der Waals surface area (Å²) in [5.41, 5.74) is 2.45. The van der Waals surface area contributed by atoms with Crippen LogP contribution in [0.25, 0.3) is 5.76 Å². The molecule has 0 radical (unpaired) electrons. The lowest BCUT2D eigenvalue weighted by Gasteiger charge is -2.38. The molecule has 0 fully saturated rings. The molecule has 39 heavy (non-hydrogen) atoms. The van der Waals surface area contributed by atoms with Gasteiger partial charge in [-0.05, 0) is 55.3 Å². The molecule has 3 aliphatic rings. The topological polar surface area (TPSA) is 94.8 Å². The number of aliphatic imine (C=N–C) groups is 2. The van der Waals surface area contributed by atoms with Crippen LogP contribution in [0, 0.1) is 0 Å². The molecule has 1 aromatic heterocycles. The number of hydrogen-bond acceptors (Lipinski definition) is 8. The maximum absolute atomic E-state index is 14.8. The maximum Gasteiger partial charge on any atom is 0.725 e. The monoisotopic (exact) mass is 555 g/mol. The van der Waals surface area contributed by atoms with E-state index < -0.39 is 13.0 Å². The number of pyridine rings is 1. The summed E-state index contributed by atoms with van der Waals surface area (Å²) >= 11 is 1.06. The van der Waals surface area contributed by atoms with Gasteiger partial charge in [0.2, 0.25) is 5.91 Å². The average molecular weight is 555 g/mol. The number of fused-ring (bicyclic) bond motifs is 2. The molecule has 0 N–H and O–H groups in total. The summed E-state index contributed by atoms with van der Waals surface area (Å²) in [7, 11) is 0.432. The molecule has 204 valence electrons. The number of halogens is 2. The van der Waals surface area contributed by atoms with Crippen LogP contribution in [0.2, 0.25) is 0 Å². The zero-order chi connectivity index (χ0) is 27.7. The molecule has 13 heteroatoms. The van der Waals surface area contributed by atoms with Crippen LogP contribution in [-0.4, -0.2) is 50.1 Å². The van der Waals surface area contributed by atoms with E-state index in [0.717, 1.165) is 17.3 Å². The smallest absolute Gasteiger partial charge is 0.627 e. The van der Waals surface area contributed by atoms with Gasteiger partial charge < -0.3 is 32.3 Å². The molecule has 2 aromatic rings. The van der Waals surface area contributed by atoms with Crippen LogP contribution in [0.4, 0.5) is 14.4 Å². The SMILES string of the molecule is COc1ccc(CN(C)c2ccc(C3=C4CCCC5=NC(=NC(C)=O)SC5=C4O[B-](F)(F)O3)cn2)c(OC)c1. The molecule has 0 spiro atoms. The normalized spacial score (nSPS) is 18.9. The predicted molar refractivity (Wildman–Crippen MR) is 147 cm³/mol. The number of allylic oxidation sites excluding steroid dienone is 2. The van der Waals surface area contributed by atoms with E-state index in [1.165, 1.54) is 13.1 Å². The Kier molecular flexibility index (Phi) is 7.35. The van der Waals surface area contributed by atoms with E-state index in [0.29, 0.717) is 64.9 Å². The second kappa shape index (κ2) is 10.7. The van der Waals surface area contributed by atoms with Crippen molar-refractivity contribution < 1.29 is 32.2 Å². The molecule has 2 aliphatic heterocycles. The Morgan fingerprint density at radius 2 is 1.95 bits per heavy atom. The van der Waals surface area contributed by atoms with Gasteiger partial charge in [0.15, 0.2) is 5.17 Å². The molecule has 1 aliphatic carbocycles. The first kappa shape index (κ1) is 26.7. The van der Waals surface area contributed by atoms with Crippen LogP contribution in [0.1, 0.15) is 37.3 Å². The van der Waals surface area contributed by atoms with Crippen LogP contribution in [-0.2, 0) is 20.6 Å². The molecule has 9 nitrogen and oxygen atoms in total. The standard InChI is InChI=1S/C26H26BF2N4O5S/c1-15(34)31-26-32-20-7-5-6-19-23(37-27(28,29)38-24(19)25(20)39-26)16-9-11-22(30-13-16)33(2)14-17-8-10-18(35-3)12-21(17)36-4/h8-13H,5-7,14H2,1-4H3/q-1. The van der Waals surface area contributed by atoms with Gasteiger partial charge in [-0.1, -0.05) is 0 Å². The van der Waals surface area contributed by atoms with Crippen molar-refractivity contribution in [3.63, 3.8) is 0 Å². The van der Waals surface area contributed by atoms with E-state index in [4.69, 9.17) is 18.8 Å². The summed E-state index contributed by atoms with van der Waals surface area (Å²) < 4.78 is 50.4. The molecule has 0 unspecified atom stereocenters. The second-order valence-corrected chi connectivity index (χ2v) is 10.1. The number of amides is 1. The van der Waals surface area contributed by atoms with E-state index in [9.17, 15) is 13.4 Å². The Labute approximate surface area is 228 Å². The van der Waals surface area contributed by atoms with Crippen LogP contribution >= 0.6 is 11.8 Å². The Bertz CT molecular complexity index is 1440. The molecular weight excluding hydrogens is 529 g/mol. The highest BCUT2D eigenvalue weighted by atomic mass is 32.2. The van der Waals surface area contributed by atoms with Gasteiger partial charge in [-0.25, -0.2) is 9.98 Å². The molecule has 5 rings (SSSR count). The number of rotatable bonds is 6. The zero-order valence-electron chi connectivity index (χ0n) is 21.9. The number of anilines is 1. The molecular formula is C26H26BF2N4O5S-. The lowest BCUT2D eigenvalue weighted by Crippen LogP contribution is -2.36. The first-order valence-corrected chi connectivity index (χ1v) is 13.1. The number of carbonyl (C=O) groups excluding carboxylic acids is 1. The van der Waals surface area contributed by atoms with E-state index in [2.05, 4.69) is 15.0 Å². The number of amidine groups is 1. The Morgan fingerprint density at radius 3 is 2.64 bits per heavy atom. The second-order valence-electron chi connectivity index (χ2n) is 9.10. The summed E-state index contributed by atoms with van der Waals surface area (Å²) in [6.07, 6.45) is 3.15. The highest BCUT2D eigenvalue weighted by Crippen LogP contribution is 2.46. The lowest BCUT2D eigenvalue weighted by atomic mass is 9.98. The minimum atomic E-state index is -4.63. The molecule has 0 saturated heterocycles. The molecule has 0 bridgehead atoms. The highest BCUT2D eigenvalue weighted by molar-refractivity contribution is 8.18. The first-order valence-electron chi connectivity index (χ1n) is 12.3. The van der Waals surface area contributed by atoms with Crippen LogP contribution in [0.5, 0.6) is 11.5 Å². The average Bonchev–Trinajstić information content (AvgIpc) is 3.22. The fourth-order valence-corrected chi connectivity index (χ4v) is 5.61. The van der Waals surface area contributed by atoms with Gasteiger partial charge in [0.05, 0.1) is 36.4 Å². The lowest BCUT2D eigenvalue weighted by molar-refractivity contribution is -0.115. The van der Waals surface area contributed by atoms with E-state index in [1.807, 2.05) is 30.1 Å². The predicted octanol–water partition coefficient (Wildman–Crippen LogP) is 5.35. The Hall–Kier alpha value is -3.87. The molecule has 3 heterocycles. The van der Waals surface area contributed by atoms with Gasteiger partial charge in [0.1, 0.15) is 17.3 Å². The Balaban J connectivity index is 1.45. The van der Waals surface area contributed by atoms with Gasteiger partial charge in [0.25, 0.3) is 0 Å². The third-order valence-electron chi connectivity index (χ3n) is 6.35. The molecule has 0 saturated carbocycles. The number of carbonyl (C=O) groups is 1. The summed E-state index contributed by atoms with van der Waals surface area (Å²) in [6.45, 7) is 1.81. The van der Waals surface area contributed by atoms with Crippen molar-refractivity contribution in [3.05, 3.63) is 63.9 Å². The van der Waals surface area contributed by atoms with Crippen LogP contribution in [0.3, 0.4) is 0 Å². The number of nitrogens with zero attached hydrogens (tertiary/aromatic N) is 4. The number of methoxy groups -OCH3 is 2. The van der Waals surface area contributed by atoms with E-state index in [-0.39, 0.29) is 16.7 Å². The summed E-state index contributed by atoms with van der Waals surface area (Å²) in [6, 6.07) is 9.04. The molecule has 1 amide bonds. The summed E-state index contributed by atoms with van der Waals surface area (Å²) in [5.74, 6) is 1.66. The molecule has 0 atom stereocenters. The highest BCUT2D eigenvalue weighted by Gasteiger charge is 2.44. The van der Waals surface area contributed by atoms with Crippen molar-refractivity contribution in [3.8, 4) is 11.5 Å². The number of thioether (sulfide) groups is 1. The zero-order valence-corrected chi connectivity index (χ0v) is 22.7. The Morgan fingerprint density at radius 1 is 1.15 bits per heavy atom. The molecule has 1 aromatic carbocycles. The van der Waals surface area contributed by atoms with Crippen molar-refractivity contribution in [2.75, 3.05) is 26.2 Å². The van der Waals surface area contributed by atoms with Crippen molar-refractivity contribution >= 4 is 47.2 Å². The third-order valence-corrected chi connectivity index (χ3v) is 7.34. The quantitative estimate of drug-likeness (QED) is 0.441. The van der Waals surface area contributed by atoms with E-state index in [1.54, 1.807) is 26.4 Å². The van der Waals surface area contributed by atoms with E-state index >= 15 is 0 Å². The maximum atomic E-state index is 14.8. The minimum Gasteiger partial charge on any atom is -0.627 e. The van der Waals surface area contributed by atoms with Gasteiger partial charge in [-0.15, -0.1) is 0 Å². The number of hydrogen-bond donors (Lipinski definition) is 0. The van der Waals surface area contributed by atoms with Crippen molar-refractivity contribution in [1.29, 1.82) is 0 Å². The largest absolute Gasteiger partial charge is 0.725 e. The fraction of sp³-hybridized carbons (Fsp3) is 0.308. The van der Waals surface area contributed by atoms with Gasteiger partial charge in [-0.2, -0.15) is 4.99 Å². The minimum absolute atomic E-state index is 0.0315. The van der Waals surface area contributed by atoms with Crippen molar-refractivity contribution in [1.82, 2.24) is 4.98 Å². The first-order chi connectivity index (χ1) is 18.7. The number of ether oxygens (including phenoxy) is 2. The van der Waals surface area contributed by atoms with Gasteiger partial charge >= 0.3 is 7.11 Å². The van der Waals surface area contributed by atoms with Gasteiger partial charge in [0, 0.05) is 49.5 Å².